The number of nitrogens with zero attached hydrogens (tertiary/aromatic N) is 1. The van der Waals surface area contributed by atoms with Crippen molar-refractivity contribution in [1.82, 2.24) is 4.90 Å². The van der Waals surface area contributed by atoms with E-state index in [0.29, 0.717) is 0 Å². The average molecular weight is 249 g/mol. The molecule has 1 fully saturated rings. The fraction of sp³-hybridized carbons (Fsp3) is 0.600. The molecule has 1 aromatic carbocycles. The monoisotopic (exact) mass is 249 g/mol. The third kappa shape index (κ3) is 2.85. The molecule has 1 aromatic rings. The molecule has 1 aliphatic heterocycles. The second-order valence-corrected chi connectivity index (χ2v) is 5.20. The molecular weight excluding hydrogens is 226 g/mol. The lowest BCUT2D eigenvalue weighted by atomic mass is 9.97. The topological polar surface area (TPSA) is 32.7 Å². The van der Waals surface area contributed by atoms with Crippen LogP contribution in [0.25, 0.3) is 0 Å². The zero-order valence-electron chi connectivity index (χ0n) is 11.6. The first-order valence-electron chi connectivity index (χ1n) is 6.67. The predicted octanol–water partition coefficient (Wildman–Crippen LogP) is 2.44. The van der Waals surface area contributed by atoms with Gasteiger partial charge in [0.15, 0.2) is 0 Å². The first-order valence-corrected chi connectivity index (χ1v) is 6.67. The van der Waals surface area contributed by atoms with Crippen LogP contribution in [-0.2, 0) is 0 Å². The molecule has 2 rings (SSSR count). The summed E-state index contributed by atoms with van der Waals surface area (Å²) in [4.78, 5) is 2.34. The van der Waals surface area contributed by atoms with Crippen LogP contribution in [0.15, 0.2) is 12.1 Å². The van der Waals surface area contributed by atoms with Crippen molar-refractivity contribution in [3.05, 3.63) is 28.8 Å². The zero-order chi connectivity index (χ0) is 13.1. The Morgan fingerprint density at radius 2 is 1.78 bits per heavy atom. The first kappa shape index (κ1) is 13.4. The quantitative estimate of drug-likeness (QED) is 0.889. The molecule has 18 heavy (non-hydrogen) atoms. The van der Waals surface area contributed by atoms with E-state index in [-0.39, 0.29) is 0 Å². The van der Waals surface area contributed by atoms with Crippen LogP contribution >= 0.6 is 0 Å². The van der Waals surface area contributed by atoms with Crippen molar-refractivity contribution in [2.24, 2.45) is 0 Å². The van der Waals surface area contributed by atoms with E-state index in [1.54, 1.807) is 7.11 Å². The van der Waals surface area contributed by atoms with E-state index in [2.05, 4.69) is 4.90 Å². The smallest absolute Gasteiger partial charge is 0.119 e. The molecule has 0 aliphatic carbocycles. The van der Waals surface area contributed by atoms with Gasteiger partial charge in [-0.05, 0) is 68.6 Å². The Morgan fingerprint density at radius 3 is 2.28 bits per heavy atom. The Balaban J connectivity index is 2.15. The van der Waals surface area contributed by atoms with E-state index in [0.717, 1.165) is 42.1 Å². The lowest BCUT2D eigenvalue weighted by molar-refractivity contribution is 0.125. The van der Waals surface area contributed by atoms with Gasteiger partial charge < -0.3 is 14.7 Å². The lowest BCUT2D eigenvalue weighted by Crippen LogP contribution is -2.26. The predicted molar refractivity (Wildman–Crippen MR) is 73.1 cm³/mol. The largest absolute Gasteiger partial charge is 0.497 e. The van der Waals surface area contributed by atoms with Gasteiger partial charge in [-0.3, -0.25) is 0 Å². The minimum atomic E-state index is -0.394. The van der Waals surface area contributed by atoms with Gasteiger partial charge in [0, 0.05) is 6.54 Å². The molecule has 3 nitrogen and oxygen atoms in total. The second-order valence-electron chi connectivity index (χ2n) is 5.20. The number of aryl methyl sites for hydroxylation is 2. The van der Waals surface area contributed by atoms with Gasteiger partial charge >= 0.3 is 0 Å². The number of hydrogen-bond donors (Lipinski definition) is 1. The van der Waals surface area contributed by atoms with Gasteiger partial charge in [0.1, 0.15) is 5.75 Å². The van der Waals surface area contributed by atoms with Crippen LogP contribution in [0.4, 0.5) is 0 Å². The maximum absolute atomic E-state index is 10.4. The molecule has 1 aliphatic rings. The Hall–Kier alpha value is -1.06. The molecular formula is C15H23NO2. The minimum absolute atomic E-state index is 0.394. The Bertz CT molecular complexity index is 388. The summed E-state index contributed by atoms with van der Waals surface area (Å²) in [6.45, 7) is 7.06. The van der Waals surface area contributed by atoms with Gasteiger partial charge in [-0.1, -0.05) is 0 Å². The summed E-state index contributed by atoms with van der Waals surface area (Å²) in [6, 6.07) is 3.99. The minimum Gasteiger partial charge on any atom is -0.497 e. The molecule has 0 amide bonds. The Morgan fingerprint density at radius 1 is 1.22 bits per heavy atom. The molecule has 0 radical (unpaired) electrons. The molecule has 0 bridgehead atoms. The average Bonchev–Trinajstić information content (AvgIpc) is 2.80. The second kappa shape index (κ2) is 5.72. The van der Waals surface area contributed by atoms with Gasteiger partial charge in [0.25, 0.3) is 0 Å². The van der Waals surface area contributed by atoms with Crippen LogP contribution in [0.5, 0.6) is 5.75 Å². The van der Waals surface area contributed by atoms with E-state index < -0.39 is 6.10 Å². The molecule has 1 heterocycles. The highest BCUT2D eigenvalue weighted by atomic mass is 16.5. The lowest BCUT2D eigenvalue weighted by Gasteiger charge is -2.22. The number of hydrogen-bond acceptors (Lipinski definition) is 3. The van der Waals surface area contributed by atoms with Crippen LogP contribution in [0.1, 0.15) is 35.6 Å². The van der Waals surface area contributed by atoms with Gasteiger partial charge in [-0.15, -0.1) is 0 Å². The van der Waals surface area contributed by atoms with Crippen LogP contribution in [0, 0.1) is 13.8 Å². The normalized spacial score (nSPS) is 18.0. The maximum atomic E-state index is 10.4. The molecule has 1 N–H and O–H groups in total. The molecule has 1 unspecified atom stereocenters. The number of likely N-dealkylation sites (tertiary alicyclic amines) is 1. The molecule has 1 saturated heterocycles. The van der Waals surface area contributed by atoms with Crippen molar-refractivity contribution >= 4 is 0 Å². The molecule has 1 atom stereocenters. The SMILES string of the molecule is COc1cc(C)c(C(O)CN2CCCC2)c(C)c1. The van der Waals surface area contributed by atoms with Crippen molar-refractivity contribution < 1.29 is 9.84 Å². The highest BCUT2D eigenvalue weighted by molar-refractivity contribution is 5.42. The van der Waals surface area contributed by atoms with E-state index in [9.17, 15) is 5.11 Å². The number of β-amino-alcohol motifs (C(OH)–C–C–N with tert-alkyl or cyclic N) is 1. The van der Waals surface area contributed by atoms with Crippen molar-refractivity contribution in [1.29, 1.82) is 0 Å². The molecule has 100 valence electrons. The summed E-state index contributed by atoms with van der Waals surface area (Å²) >= 11 is 0. The summed E-state index contributed by atoms with van der Waals surface area (Å²) in [5.41, 5.74) is 3.28. The summed E-state index contributed by atoms with van der Waals surface area (Å²) < 4.78 is 5.25. The third-order valence-electron chi connectivity index (χ3n) is 3.77. The summed E-state index contributed by atoms with van der Waals surface area (Å²) in [6.07, 6.45) is 2.12. The van der Waals surface area contributed by atoms with E-state index in [1.165, 1.54) is 12.8 Å². The van der Waals surface area contributed by atoms with Gasteiger partial charge in [-0.2, -0.15) is 0 Å². The zero-order valence-corrected chi connectivity index (χ0v) is 11.6. The standard InChI is InChI=1S/C15H23NO2/c1-11-8-13(18-3)9-12(2)15(11)14(17)10-16-6-4-5-7-16/h8-9,14,17H,4-7,10H2,1-3H3. The van der Waals surface area contributed by atoms with Gasteiger partial charge in [-0.25, -0.2) is 0 Å². The third-order valence-corrected chi connectivity index (χ3v) is 3.77. The number of aliphatic hydroxyl groups is 1. The van der Waals surface area contributed by atoms with Gasteiger partial charge in [0.2, 0.25) is 0 Å². The molecule has 0 aromatic heterocycles. The van der Waals surface area contributed by atoms with Crippen LogP contribution in [-0.4, -0.2) is 36.8 Å². The number of methoxy groups -OCH3 is 1. The summed E-state index contributed by atoms with van der Waals surface area (Å²) in [5.74, 6) is 0.863. The molecule has 0 saturated carbocycles. The van der Waals surface area contributed by atoms with E-state index >= 15 is 0 Å². The fourth-order valence-electron chi connectivity index (χ4n) is 2.88. The van der Waals surface area contributed by atoms with Crippen molar-refractivity contribution in [2.45, 2.75) is 32.8 Å². The summed E-state index contributed by atoms with van der Waals surface area (Å²) in [7, 11) is 1.68. The Kier molecular flexibility index (Phi) is 4.25. The van der Waals surface area contributed by atoms with Crippen LogP contribution < -0.4 is 4.74 Å². The van der Waals surface area contributed by atoms with Crippen LogP contribution in [0.2, 0.25) is 0 Å². The highest BCUT2D eigenvalue weighted by Crippen LogP contribution is 2.28. The van der Waals surface area contributed by atoms with Crippen molar-refractivity contribution in [2.75, 3.05) is 26.7 Å². The van der Waals surface area contributed by atoms with Crippen molar-refractivity contribution in [3.63, 3.8) is 0 Å². The number of benzene rings is 1. The summed E-state index contributed by atoms with van der Waals surface area (Å²) in [5, 5.41) is 10.4. The molecule has 3 heteroatoms. The number of rotatable bonds is 4. The van der Waals surface area contributed by atoms with Crippen molar-refractivity contribution in [3.8, 4) is 5.75 Å². The first-order chi connectivity index (χ1) is 8.61. The fourth-order valence-corrected chi connectivity index (χ4v) is 2.88. The van der Waals surface area contributed by atoms with Crippen LogP contribution in [0.3, 0.4) is 0 Å². The van der Waals surface area contributed by atoms with E-state index in [4.69, 9.17) is 4.74 Å². The highest BCUT2D eigenvalue weighted by Gasteiger charge is 2.20. The van der Waals surface area contributed by atoms with Gasteiger partial charge in [0.05, 0.1) is 13.2 Å². The number of aliphatic hydroxyl groups excluding tert-OH is 1. The molecule has 0 spiro atoms. The van der Waals surface area contributed by atoms with E-state index in [1.807, 2.05) is 26.0 Å². The number of ether oxygens (including phenoxy) is 1. The maximum Gasteiger partial charge on any atom is 0.119 e. The Labute approximate surface area is 109 Å².